The molecule has 0 aromatic carbocycles. The Kier molecular flexibility index (Phi) is 6.17. The molecule has 1 aliphatic heterocycles. The lowest BCUT2D eigenvalue weighted by atomic mass is 9.95. The summed E-state index contributed by atoms with van der Waals surface area (Å²) < 4.78 is 0. The van der Waals surface area contributed by atoms with Crippen LogP contribution in [0, 0.1) is 23.7 Å². The van der Waals surface area contributed by atoms with Gasteiger partial charge in [0.2, 0.25) is 0 Å². The van der Waals surface area contributed by atoms with Crippen molar-refractivity contribution in [3.8, 4) is 0 Å². The second-order valence-corrected chi connectivity index (χ2v) is 11.0. The summed E-state index contributed by atoms with van der Waals surface area (Å²) in [4.78, 5) is 4.91. The van der Waals surface area contributed by atoms with E-state index in [9.17, 15) is 0 Å². The van der Waals surface area contributed by atoms with E-state index in [1.165, 1.54) is 51.4 Å². The fourth-order valence-corrected chi connectivity index (χ4v) is 7.40. The Bertz CT molecular complexity index is 618. The molecule has 1 saturated heterocycles. The predicted octanol–water partition coefficient (Wildman–Crippen LogP) is 2.32. The lowest BCUT2D eigenvalue weighted by Gasteiger charge is -2.37. The number of hydrogen-bond acceptors (Lipinski definition) is 3. The average Bonchev–Trinajstić information content (AvgIpc) is 3.50. The molecule has 6 unspecified atom stereocenters. The number of nitrogens with one attached hydrogen (secondary N) is 3. The van der Waals surface area contributed by atoms with Crippen molar-refractivity contribution >= 4 is 34.7 Å². The fraction of sp³-hybridized carbons (Fsp3) is 0.909. The van der Waals surface area contributed by atoms with E-state index in [4.69, 9.17) is 24.4 Å². The van der Waals surface area contributed by atoms with Crippen LogP contribution in [0.4, 0.5) is 0 Å². The van der Waals surface area contributed by atoms with Gasteiger partial charge in [-0.05, 0) is 86.6 Å². The molecule has 4 saturated carbocycles. The monoisotopic (exact) mass is 435 g/mol. The van der Waals surface area contributed by atoms with Crippen molar-refractivity contribution in [1.29, 1.82) is 0 Å². The van der Waals surface area contributed by atoms with E-state index >= 15 is 0 Å². The number of piperazine rings is 1. The van der Waals surface area contributed by atoms with E-state index in [1.54, 1.807) is 0 Å². The van der Waals surface area contributed by atoms with Crippen LogP contribution in [0.2, 0.25) is 0 Å². The summed E-state index contributed by atoms with van der Waals surface area (Å²) in [6, 6.07) is 1.27. The van der Waals surface area contributed by atoms with Crippen molar-refractivity contribution in [3.05, 3.63) is 0 Å². The van der Waals surface area contributed by atoms with Crippen LogP contribution in [-0.2, 0) is 0 Å². The van der Waals surface area contributed by atoms with Crippen LogP contribution in [-0.4, -0.2) is 71.4 Å². The molecule has 162 valence electrons. The van der Waals surface area contributed by atoms with E-state index in [2.05, 4.69) is 25.8 Å². The zero-order valence-electron chi connectivity index (χ0n) is 17.6. The van der Waals surface area contributed by atoms with Crippen molar-refractivity contribution in [2.75, 3.05) is 39.3 Å². The Hall–Kier alpha value is -0.660. The number of thiocarbonyl (C=S) groups is 2. The minimum Gasteiger partial charge on any atom is -0.361 e. The molecule has 0 aromatic heterocycles. The number of hydrogen-bond donors (Lipinski definition) is 3. The highest BCUT2D eigenvalue weighted by molar-refractivity contribution is 7.80. The van der Waals surface area contributed by atoms with Gasteiger partial charge in [0.15, 0.2) is 10.2 Å². The summed E-state index contributed by atoms with van der Waals surface area (Å²) in [6.45, 7) is 6.25. The fourth-order valence-electron chi connectivity index (χ4n) is 6.81. The van der Waals surface area contributed by atoms with Gasteiger partial charge in [0.05, 0.1) is 0 Å². The summed E-state index contributed by atoms with van der Waals surface area (Å²) >= 11 is 11.3. The molecule has 3 N–H and O–H groups in total. The molecule has 4 aliphatic carbocycles. The second-order valence-electron chi connectivity index (χ2n) is 10.2. The van der Waals surface area contributed by atoms with Crippen molar-refractivity contribution < 1.29 is 0 Å². The smallest absolute Gasteiger partial charge is 0.169 e. The Morgan fingerprint density at radius 2 is 1.38 bits per heavy atom. The molecule has 0 radical (unpaired) electrons. The van der Waals surface area contributed by atoms with Gasteiger partial charge in [0.1, 0.15) is 0 Å². The molecule has 7 heteroatoms. The van der Waals surface area contributed by atoms with Gasteiger partial charge in [-0.15, -0.1) is 0 Å². The maximum atomic E-state index is 5.74. The molecule has 5 fully saturated rings. The molecular weight excluding hydrogens is 398 g/mol. The molecule has 1 heterocycles. The van der Waals surface area contributed by atoms with Crippen LogP contribution in [0.25, 0.3) is 0 Å². The van der Waals surface area contributed by atoms with Crippen LogP contribution >= 0.6 is 24.4 Å². The van der Waals surface area contributed by atoms with E-state index in [0.29, 0.717) is 12.1 Å². The van der Waals surface area contributed by atoms with E-state index in [0.717, 1.165) is 73.2 Å². The minimum atomic E-state index is 0.626. The lowest BCUT2D eigenvalue weighted by Crippen LogP contribution is -2.55. The highest BCUT2D eigenvalue weighted by atomic mass is 32.1. The third-order valence-electron chi connectivity index (χ3n) is 8.47. The molecule has 0 spiro atoms. The quantitative estimate of drug-likeness (QED) is 0.573. The average molecular weight is 436 g/mol. The molecular formula is C22H37N5S2. The first-order chi connectivity index (χ1) is 14.1. The third kappa shape index (κ3) is 4.67. The number of rotatable bonds is 5. The topological polar surface area (TPSA) is 42.6 Å². The lowest BCUT2D eigenvalue weighted by molar-refractivity contribution is 0.182. The first-order valence-corrected chi connectivity index (χ1v) is 12.8. The first kappa shape index (κ1) is 20.3. The van der Waals surface area contributed by atoms with Crippen LogP contribution < -0.4 is 16.0 Å². The Morgan fingerprint density at radius 1 is 0.759 bits per heavy atom. The highest BCUT2D eigenvalue weighted by Crippen LogP contribution is 2.45. The van der Waals surface area contributed by atoms with Gasteiger partial charge in [-0.3, -0.25) is 4.90 Å². The van der Waals surface area contributed by atoms with Crippen molar-refractivity contribution in [3.63, 3.8) is 0 Å². The molecule has 4 bridgehead atoms. The van der Waals surface area contributed by atoms with Crippen LogP contribution in [0.15, 0.2) is 0 Å². The second kappa shape index (κ2) is 8.83. The van der Waals surface area contributed by atoms with Gasteiger partial charge >= 0.3 is 0 Å². The predicted molar refractivity (Wildman–Crippen MR) is 126 cm³/mol. The molecule has 5 nitrogen and oxygen atoms in total. The van der Waals surface area contributed by atoms with Crippen molar-refractivity contribution in [2.24, 2.45) is 23.7 Å². The zero-order chi connectivity index (χ0) is 19.8. The van der Waals surface area contributed by atoms with Crippen LogP contribution in [0.3, 0.4) is 0 Å². The number of fused-ring (bicyclic) bond motifs is 4. The third-order valence-corrected chi connectivity index (χ3v) is 9.11. The summed E-state index contributed by atoms with van der Waals surface area (Å²) in [5.74, 6) is 3.67. The molecule has 0 amide bonds. The van der Waals surface area contributed by atoms with Crippen LogP contribution in [0.1, 0.15) is 51.4 Å². The molecule has 5 rings (SSSR count). The summed E-state index contributed by atoms with van der Waals surface area (Å²) in [5.41, 5.74) is 0. The maximum absolute atomic E-state index is 5.74. The normalized spacial score (nSPS) is 38.4. The molecule has 6 atom stereocenters. The van der Waals surface area contributed by atoms with Crippen molar-refractivity contribution in [2.45, 2.75) is 63.5 Å². The van der Waals surface area contributed by atoms with Gasteiger partial charge in [0.25, 0.3) is 0 Å². The van der Waals surface area contributed by atoms with Gasteiger partial charge in [-0.25, -0.2) is 0 Å². The first-order valence-electron chi connectivity index (χ1n) is 12.0. The van der Waals surface area contributed by atoms with Gasteiger partial charge in [-0.1, -0.05) is 12.8 Å². The van der Waals surface area contributed by atoms with Gasteiger partial charge < -0.3 is 20.9 Å². The van der Waals surface area contributed by atoms with E-state index < -0.39 is 0 Å². The summed E-state index contributed by atoms with van der Waals surface area (Å²) in [6.07, 6.45) is 11.2. The molecule has 5 aliphatic rings. The van der Waals surface area contributed by atoms with E-state index in [-0.39, 0.29) is 0 Å². The zero-order valence-corrected chi connectivity index (χ0v) is 19.2. The summed E-state index contributed by atoms with van der Waals surface area (Å²) in [5, 5.41) is 12.6. The Balaban J connectivity index is 0.958. The van der Waals surface area contributed by atoms with Gasteiger partial charge in [-0.2, -0.15) is 0 Å². The Morgan fingerprint density at radius 3 is 1.93 bits per heavy atom. The maximum Gasteiger partial charge on any atom is 0.169 e. The van der Waals surface area contributed by atoms with E-state index in [1.807, 2.05) is 0 Å². The highest BCUT2D eigenvalue weighted by Gasteiger charge is 2.40. The van der Waals surface area contributed by atoms with Crippen molar-refractivity contribution in [1.82, 2.24) is 25.8 Å². The SMILES string of the molecule is S=C(NCCN1CCN(C(=S)NC2CC3CCC2C3)CC1)NC1CC2CCC1C2. The minimum absolute atomic E-state index is 0.626. The molecule has 29 heavy (non-hydrogen) atoms. The summed E-state index contributed by atoms with van der Waals surface area (Å²) in [7, 11) is 0. The standard InChI is InChI=1S/C22H37N5S2/c28-21(24-19-13-15-1-3-17(19)11-15)23-5-6-26-7-9-27(10-8-26)22(29)25-20-14-16-2-4-18(20)12-16/h15-20H,1-14H2,(H,25,29)(H2,23,24,28). The Labute approximate surface area is 186 Å². The van der Waals surface area contributed by atoms with Gasteiger partial charge in [0, 0.05) is 51.4 Å². The molecule has 0 aromatic rings. The van der Waals surface area contributed by atoms with Crippen LogP contribution in [0.5, 0.6) is 0 Å². The number of nitrogens with zero attached hydrogens (tertiary/aromatic N) is 2. The largest absolute Gasteiger partial charge is 0.361 e.